The summed E-state index contributed by atoms with van der Waals surface area (Å²) in [7, 11) is 0. The van der Waals surface area contributed by atoms with Gasteiger partial charge in [0.1, 0.15) is 11.9 Å². The highest BCUT2D eigenvalue weighted by atomic mass is 16.3. The summed E-state index contributed by atoms with van der Waals surface area (Å²) in [6.07, 6.45) is 6.37. The molecule has 1 aliphatic rings. The molecule has 3 amide bonds. The van der Waals surface area contributed by atoms with Crippen molar-refractivity contribution >= 4 is 28.8 Å². The maximum Gasteiger partial charge on any atom is 0.243 e. The van der Waals surface area contributed by atoms with Gasteiger partial charge in [-0.25, -0.2) is 4.98 Å². The predicted octanol–water partition coefficient (Wildman–Crippen LogP) is 5.12. The molecule has 268 valence electrons. The molecule has 1 heterocycles. The number of hydrogen-bond donors (Lipinski definition) is 5. The molecule has 1 aliphatic carbocycles. The van der Waals surface area contributed by atoms with Crippen molar-refractivity contribution in [1.29, 1.82) is 0 Å². The molecule has 1 fully saturated rings. The van der Waals surface area contributed by atoms with Crippen molar-refractivity contribution in [3.05, 3.63) is 66.0 Å². The summed E-state index contributed by atoms with van der Waals surface area (Å²) in [6, 6.07) is 16.7. The Balaban J connectivity index is 1.45. The number of nitrogens with zero attached hydrogens (tertiary/aromatic N) is 2. The fraction of sp³-hybridized carbons (Fsp3) is 0.590. The van der Waals surface area contributed by atoms with Crippen LogP contribution < -0.4 is 16.0 Å². The summed E-state index contributed by atoms with van der Waals surface area (Å²) in [5.74, 6) is -0.175. The zero-order chi connectivity index (χ0) is 35.4. The van der Waals surface area contributed by atoms with Gasteiger partial charge in [0.15, 0.2) is 0 Å². The molecule has 0 aliphatic heterocycles. The first-order valence-electron chi connectivity index (χ1n) is 18.2. The van der Waals surface area contributed by atoms with Crippen molar-refractivity contribution in [2.45, 2.75) is 110 Å². The van der Waals surface area contributed by atoms with Crippen LogP contribution in [-0.2, 0) is 27.3 Å². The van der Waals surface area contributed by atoms with E-state index in [1.165, 1.54) is 19.3 Å². The first-order chi connectivity index (χ1) is 23.4. The van der Waals surface area contributed by atoms with Crippen LogP contribution in [0.25, 0.3) is 11.0 Å². The Kier molecular flexibility index (Phi) is 14.2. The molecular formula is C39H58N6O4. The fourth-order valence-corrected chi connectivity index (χ4v) is 6.83. The summed E-state index contributed by atoms with van der Waals surface area (Å²) in [5.41, 5.74) is 2.35. The molecule has 5 N–H and O–H groups in total. The number of aliphatic hydroxyl groups is 1. The maximum absolute atomic E-state index is 14.0. The number of aromatic amines is 1. The minimum absolute atomic E-state index is 0.0702. The van der Waals surface area contributed by atoms with Crippen molar-refractivity contribution in [1.82, 2.24) is 30.8 Å². The fourth-order valence-electron chi connectivity index (χ4n) is 6.83. The first-order valence-corrected chi connectivity index (χ1v) is 18.2. The van der Waals surface area contributed by atoms with Crippen molar-refractivity contribution in [2.75, 3.05) is 19.6 Å². The van der Waals surface area contributed by atoms with Crippen LogP contribution in [0.15, 0.2) is 54.6 Å². The molecule has 10 heteroatoms. The lowest BCUT2D eigenvalue weighted by atomic mass is 9.88. The molecule has 4 rings (SSSR count). The Morgan fingerprint density at radius 3 is 2.37 bits per heavy atom. The van der Waals surface area contributed by atoms with Gasteiger partial charge in [-0.15, -0.1) is 0 Å². The Morgan fingerprint density at radius 2 is 1.69 bits per heavy atom. The van der Waals surface area contributed by atoms with E-state index < -0.39 is 18.1 Å². The van der Waals surface area contributed by atoms with Gasteiger partial charge in [0.25, 0.3) is 0 Å². The van der Waals surface area contributed by atoms with Crippen LogP contribution in [-0.4, -0.2) is 75.0 Å². The van der Waals surface area contributed by atoms with Crippen LogP contribution in [0.4, 0.5) is 0 Å². The molecule has 4 atom stereocenters. The van der Waals surface area contributed by atoms with Gasteiger partial charge in [0.05, 0.1) is 30.2 Å². The molecule has 1 unspecified atom stereocenters. The number of benzene rings is 2. The number of H-pyrrole nitrogens is 1. The van der Waals surface area contributed by atoms with Gasteiger partial charge < -0.3 is 26.0 Å². The van der Waals surface area contributed by atoms with Gasteiger partial charge in [-0.05, 0) is 76.0 Å². The average Bonchev–Trinajstić information content (AvgIpc) is 3.48. The summed E-state index contributed by atoms with van der Waals surface area (Å²) in [4.78, 5) is 50.4. The summed E-state index contributed by atoms with van der Waals surface area (Å²) in [6.45, 7) is 11.3. The van der Waals surface area contributed by atoms with Gasteiger partial charge in [-0.2, -0.15) is 0 Å². The number of amides is 3. The Morgan fingerprint density at radius 1 is 1.00 bits per heavy atom. The second-order valence-electron chi connectivity index (χ2n) is 15.1. The Hall–Kier alpha value is -3.76. The van der Waals surface area contributed by atoms with E-state index in [0.29, 0.717) is 31.1 Å². The molecule has 0 bridgehead atoms. The van der Waals surface area contributed by atoms with E-state index in [2.05, 4.69) is 30.8 Å². The molecular weight excluding hydrogens is 616 g/mol. The standard InChI is InChI=1S/C39H58N6O4/c1-6-27(2)36(38(49)40-23-34-41-32-19-13-14-20-33(32)42-34)43-37(48)30(21-28-15-9-7-10-16-28)22-31(46)25-45(24-29-17-11-8-12-18-29)26-35(47)44-39(3,4)5/h7,9-10,13-16,19-20,27,29-31,36,46H,6,8,11-12,17-18,21-26H2,1-5H3,(H,40,49)(H,41,42)(H,43,48)(H,44,47)/t27-,30+,31?,36-/m0/s1. The SMILES string of the molecule is CC[C@H](C)[C@H](NC(=O)[C@H](Cc1ccccc1)CC(O)CN(CC(=O)NC(C)(C)C)CC1CCCCC1)C(=O)NCc1nc2ccccc2[nH]1. The topological polar surface area (TPSA) is 139 Å². The van der Waals surface area contributed by atoms with Crippen LogP contribution in [0, 0.1) is 17.8 Å². The normalized spacial score (nSPS) is 16.6. The van der Waals surface area contributed by atoms with E-state index in [-0.39, 0.29) is 48.7 Å². The second-order valence-corrected chi connectivity index (χ2v) is 15.1. The average molecular weight is 675 g/mol. The molecule has 1 saturated carbocycles. The van der Waals surface area contributed by atoms with Gasteiger partial charge >= 0.3 is 0 Å². The van der Waals surface area contributed by atoms with E-state index in [0.717, 1.165) is 36.0 Å². The number of carbonyl (C=O) groups is 3. The van der Waals surface area contributed by atoms with Crippen molar-refractivity contribution in [3.8, 4) is 0 Å². The Bertz CT molecular complexity index is 1450. The number of rotatable bonds is 17. The first kappa shape index (κ1) is 38.0. The van der Waals surface area contributed by atoms with E-state index in [9.17, 15) is 19.5 Å². The zero-order valence-corrected chi connectivity index (χ0v) is 30.1. The minimum atomic E-state index is -0.838. The van der Waals surface area contributed by atoms with Crippen LogP contribution >= 0.6 is 0 Å². The maximum atomic E-state index is 14.0. The van der Waals surface area contributed by atoms with Gasteiger partial charge in [-0.3, -0.25) is 19.3 Å². The number of carbonyl (C=O) groups excluding carboxylic acids is 3. The number of para-hydroxylation sites is 2. The lowest BCUT2D eigenvalue weighted by molar-refractivity contribution is -0.133. The lowest BCUT2D eigenvalue weighted by Crippen LogP contribution is -2.52. The number of aliphatic hydroxyl groups excluding tert-OH is 1. The third-order valence-corrected chi connectivity index (χ3v) is 9.51. The summed E-state index contributed by atoms with van der Waals surface area (Å²) >= 11 is 0. The monoisotopic (exact) mass is 674 g/mol. The van der Waals surface area contributed by atoms with Crippen LogP contribution in [0.2, 0.25) is 0 Å². The number of aromatic nitrogens is 2. The molecule has 10 nitrogen and oxygen atoms in total. The smallest absolute Gasteiger partial charge is 0.243 e. The van der Waals surface area contributed by atoms with Crippen molar-refractivity contribution < 1.29 is 19.5 Å². The highest BCUT2D eigenvalue weighted by Gasteiger charge is 2.31. The third-order valence-electron chi connectivity index (χ3n) is 9.51. The summed E-state index contributed by atoms with van der Waals surface area (Å²) in [5, 5.41) is 20.6. The number of fused-ring (bicyclic) bond motifs is 1. The number of hydrogen-bond acceptors (Lipinski definition) is 6. The minimum Gasteiger partial charge on any atom is -0.392 e. The van der Waals surface area contributed by atoms with E-state index >= 15 is 0 Å². The number of imidazole rings is 1. The Labute approximate surface area is 292 Å². The molecule has 3 aromatic rings. The summed E-state index contributed by atoms with van der Waals surface area (Å²) < 4.78 is 0. The molecule has 49 heavy (non-hydrogen) atoms. The molecule has 0 spiro atoms. The highest BCUT2D eigenvalue weighted by molar-refractivity contribution is 5.89. The van der Waals surface area contributed by atoms with E-state index in [4.69, 9.17) is 0 Å². The lowest BCUT2D eigenvalue weighted by Gasteiger charge is -2.32. The molecule has 0 saturated heterocycles. The second kappa shape index (κ2) is 18.3. The molecule has 2 aromatic carbocycles. The highest BCUT2D eigenvalue weighted by Crippen LogP contribution is 2.25. The quantitative estimate of drug-likeness (QED) is 0.135. The van der Waals surface area contributed by atoms with Crippen LogP contribution in [0.3, 0.4) is 0 Å². The van der Waals surface area contributed by atoms with E-state index in [1.54, 1.807) is 0 Å². The third kappa shape index (κ3) is 12.6. The van der Waals surface area contributed by atoms with E-state index in [1.807, 2.05) is 89.2 Å². The molecule has 0 radical (unpaired) electrons. The van der Waals surface area contributed by atoms with Gasteiger partial charge in [-0.1, -0.05) is 82.0 Å². The zero-order valence-electron chi connectivity index (χ0n) is 30.1. The number of nitrogens with one attached hydrogen (secondary N) is 4. The van der Waals surface area contributed by atoms with Crippen molar-refractivity contribution in [2.24, 2.45) is 17.8 Å². The van der Waals surface area contributed by atoms with Gasteiger partial charge in [0, 0.05) is 24.5 Å². The molecule has 1 aromatic heterocycles. The largest absolute Gasteiger partial charge is 0.392 e. The predicted molar refractivity (Wildman–Crippen MR) is 194 cm³/mol. The van der Waals surface area contributed by atoms with Gasteiger partial charge in [0.2, 0.25) is 17.7 Å². The van der Waals surface area contributed by atoms with Crippen LogP contribution in [0.5, 0.6) is 0 Å². The van der Waals surface area contributed by atoms with Crippen molar-refractivity contribution in [3.63, 3.8) is 0 Å². The van der Waals surface area contributed by atoms with Crippen LogP contribution in [0.1, 0.15) is 91.0 Å².